The lowest BCUT2D eigenvalue weighted by molar-refractivity contribution is -0.135. The number of carbonyl (C=O) groups excluding carboxylic acids is 1. The minimum Gasteiger partial charge on any atom is -0.361 e. The summed E-state index contributed by atoms with van der Waals surface area (Å²) in [6.07, 6.45) is 6.64. The minimum absolute atomic E-state index is 0.0412. The van der Waals surface area contributed by atoms with Gasteiger partial charge in [0.2, 0.25) is 5.91 Å². The molecule has 1 aliphatic heterocycles. The van der Waals surface area contributed by atoms with E-state index in [1.54, 1.807) is 11.0 Å². The molecule has 2 aromatic rings. The van der Waals surface area contributed by atoms with Crippen LogP contribution in [0.2, 0.25) is 0 Å². The number of nitrogens with zero attached hydrogens (tertiary/aromatic N) is 5. The number of amides is 1. The van der Waals surface area contributed by atoms with Crippen molar-refractivity contribution in [1.82, 2.24) is 24.8 Å². The van der Waals surface area contributed by atoms with Crippen molar-refractivity contribution in [3.8, 4) is 0 Å². The summed E-state index contributed by atoms with van der Waals surface area (Å²) in [5.74, 6) is 0.918. The van der Waals surface area contributed by atoms with Crippen molar-refractivity contribution in [2.45, 2.75) is 45.2 Å². The smallest absolute Gasteiger partial charge is 0.225 e. The van der Waals surface area contributed by atoms with Crippen LogP contribution in [0.5, 0.6) is 0 Å². The maximum atomic E-state index is 12.5. The van der Waals surface area contributed by atoms with Crippen LogP contribution in [-0.2, 0) is 11.3 Å². The van der Waals surface area contributed by atoms with Crippen molar-refractivity contribution < 1.29 is 9.32 Å². The second-order valence-electron chi connectivity index (χ2n) is 5.37. The highest BCUT2D eigenvalue weighted by Crippen LogP contribution is 2.31. The molecule has 3 rings (SSSR count). The number of hydrogen-bond donors (Lipinski definition) is 0. The summed E-state index contributed by atoms with van der Waals surface area (Å²) in [6.45, 7) is 3.21. The molecule has 112 valence electrons. The van der Waals surface area contributed by atoms with Gasteiger partial charge in [-0.1, -0.05) is 5.16 Å². The van der Waals surface area contributed by atoms with E-state index >= 15 is 0 Å². The Morgan fingerprint density at radius 1 is 1.48 bits per heavy atom. The molecule has 3 heterocycles. The fraction of sp³-hybridized carbons (Fsp3) is 0.571. The molecule has 0 unspecified atom stereocenters. The average molecular weight is 289 g/mol. The summed E-state index contributed by atoms with van der Waals surface area (Å²) >= 11 is 0. The van der Waals surface area contributed by atoms with Crippen LogP contribution in [0.4, 0.5) is 0 Å². The fourth-order valence-electron chi connectivity index (χ4n) is 2.78. The number of piperidine rings is 1. The van der Waals surface area contributed by atoms with Crippen molar-refractivity contribution in [2.75, 3.05) is 6.54 Å². The summed E-state index contributed by atoms with van der Waals surface area (Å²) in [4.78, 5) is 18.3. The molecule has 1 aliphatic rings. The Balaban J connectivity index is 1.67. The van der Waals surface area contributed by atoms with Crippen LogP contribution in [0.15, 0.2) is 23.2 Å². The van der Waals surface area contributed by atoms with Gasteiger partial charge in [0.1, 0.15) is 24.1 Å². The number of hydrogen-bond acceptors (Lipinski definition) is 5. The Bertz CT molecular complexity index is 592. The molecule has 1 amide bonds. The molecule has 1 saturated heterocycles. The molecule has 2 aromatic heterocycles. The van der Waals surface area contributed by atoms with Gasteiger partial charge in [-0.25, -0.2) is 4.98 Å². The second kappa shape index (κ2) is 6.07. The zero-order chi connectivity index (χ0) is 14.7. The molecule has 0 aromatic carbocycles. The molecule has 0 spiro atoms. The van der Waals surface area contributed by atoms with E-state index in [2.05, 4.69) is 15.2 Å². The van der Waals surface area contributed by atoms with Gasteiger partial charge in [-0.15, -0.1) is 0 Å². The maximum Gasteiger partial charge on any atom is 0.225 e. The van der Waals surface area contributed by atoms with Gasteiger partial charge in [0.25, 0.3) is 0 Å². The molecule has 1 fully saturated rings. The van der Waals surface area contributed by atoms with E-state index < -0.39 is 0 Å². The summed E-state index contributed by atoms with van der Waals surface area (Å²) in [5, 5.41) is 8.11. The number of rotatable bonds is 4. The molecule has 0 saturated carbocycles. The van der Waals surface area contributed by atoms with Crippen molar-refractivity contribution >= 4 is 5.91 Å². The number of aryl methyl sites for hydroxylation is 2. The topological polar surface area (TPSA) is 77.1 Å². The standard InChI is InChI=1S/C14H19N5O2/c1-11-8-12(17-21-11)13-4-2-3-6-19(13)14(20)5-7-18-10-15-9-16-18/h8-10,13H,2-7H2,1H3/t13-/m0/s1. The Kier molecular flexibility index (Phi) is 3.98. The highest BCUT2D eigenvalue weighted by molar-refractivity contribution is 5.76. The zero-order valence-electron chi connectivity index (χ0n) is 12.1. The molecule has 0 bridgehead atoms. The van der Waals surface area contributed by atoms with Gasteiger partial charge in [0.15, 0.2) is 0 Å². The molecular weight excluding hydrogens is 270 g/mol. The molecule has 0 aliphatic carbocycles. The summed E-state index contributed by atoms with van der Waals surface area (Å²) < 4.78 is 6.83. The van der Waals surface area contributed by atoms with Gasteiger partial charge < -0.3 is 9.42 Å². The van der Waals surface area contributed by atoms with Crippen LogP contribution in [0.1, 0.15) is 43.2 Å². The van der Waals surface area contributed by atoms with E-state index in [4.69, 9.17) is 4.52 Å². The van der Waals surface area contributed by atoms with Crippen LogP contribution < -0.4 is 0 Å². The van der Waals surface area contributed by atoms with Crippen molar-refractivity contribution in [2.24, 2.45) is 0 Å². The predicted molar refractivity (Wildman–Crippen MR) is 74.2 cm³/mol. The Labute approximate surface area is 122 Å². The first-order valence-electron chi connectivity index (χ1n) is 7.29. The molecule has 1 atom stereocenters. The molecule has 21 heavy (non-hydrogen) atoms. The third-order valence-corrected chi connectivity index (χ3v) is 3.83. The van der Waals surface area contributed by atoms with Gasteiger partial charge in [-0.05, 0) is 26.2 Å². The van der Waals surface area contributed by atoms with Crippen molar-refractivity contribution in [3.05, 3.63) is 30.2 Å². The van der Waals surface area contributed by atoms with E-state index in [1.807, 2.05) is 17.9 Å². The van der Waals surface area contributed by atoms with Gasteiger partial charge in [-0.2, -0.15) is 5.10 Å². The molecule has 7 heteroatoms. The van der Waals surface area contributed by atoms with Crippen LogP contribution in [0.25, 0.3) is 0 Å². The van der Waals surface area contributed by atoms with Gasteiger partial charge in [-0.3, -0.25) is 9.48 Å². The Morgan fingerprint density at radius 3 is 3.10 bits per heavy atom. The maximum absolute atomic E-state index is 12.5. The van der Waals surface area contributed by atoms with Crippen molar-refractivity contribution in [3.63, 3.8) is 0 Å². The highest BCUT2D eigenvalue weighted by atomic mass is 16.5. The Hall–Kier alpha value is -2.18. The number of carbonyl (C=O) groups is 1. The highest BCUT2D eigenvalue weighted by Gasteiger charge is 2.29. The zero-order valence-corrected chi connectivity index (χ0v) is 12.1. The van der Waals surface area contributed by atoms with Crippen LogP contribution in [-0.4, -0.2) is 37.3 Å². The number of likely N-dealkylation sites (tertiary alicyclic amines) is 1. The van der Waals surface area contributed by atoms with E-state index in [0.717, 1.165) is 37.3 Å². The third kappa shape index (κ3) is 3.12. The lowest BCUT2D eigenvalue weighted by Crippen LogP contribution is -2.39. The fourth-order valence-corrected chi connectivity index (χ4v) is 2.78. The monoisotopic (exact) mass is 289 g/mol. The van der Waals surface area contributed by atoms with E-state index in [0.29, 0.717) is 13.0 Å². The molecule has 0 radical (unpaired) electrons. The SMILES string of the molecule is Cc1cc([C@@H]2CCCCN2C(=O)CCn2cncn2)no1. The predicted octanol–water partition coefficient (Wildman–Crippen LogP) is 1.72. The van der Waals surface area contributed by atoms with Gasteiger partial charge in [0, 0.05) is 19.0 Å². The lowest BCUT2D eigenvalue weighted by atomic mass is 9.98. The quantitative estimate of drug-likeness (QED) is 0.856. The van der Waals surface area contributed by atoms with E-state index in [1.165, 1.54) is 6.33 Å². The molecule has 7 nitrogen and oxygen atoms in total. The van der Waals surface area contributed by atoms with Crippen LogP contribution >= 0.6 is 0 Å². The minimum atomic E-state index is 0.0412. The van der Waals surface area contributed by atoms with Gasteiger partial charge in [0.05, 0.1) is 12.6 Å². The summed E-state index contributed by atoms with van der Waals surface area (Å²) in [5.41, 5.74) is 0.862. The largest absolute Gasteiger partial charge is 0.361 e. The number of aromatic nitrogens is 4. The first kappa shape index (κ1) is 13.8. The van der Waals surface area contributed by atoms with E-state index in [9.17, 15) is 4.79 Å². The van der Waals surface area contributed by atoms with Crippen LogP contribution in [0.3, 0.4) is 0 Å². The van der Waals surface area contributed by atoms with Crippen LogP contribution in [0, 0.1) is 6.92 Å². The third-order valence-electron chi connectivity index (χ3n) is 3.83. The normalized spacial score (nSPS) is 18.9. The summed E-state index contributed by atoms with van der Waals surface area (Å²) in [7, 11) is 0. The van der Waals surface area contributed by atoms with Crippen molar-refractivity contribution in [1.29, 1.82) is 0 Å². The summed E-state index contributed by atoms with van der Waals surface area (Å²) in [6, 6.07) is 1.97. The van der Waals surface area contributed by atoms with Gasteiger partial charge >= 0.3 is 0 Å². The Morgan fingerprint density at radius 2 is 2.38 bits per heavy atom. The van der Waals surface area contributed by atoms with E-state index in [-0.39, 0.29) is 11.9 Å². The molecule has 0 N–H and O–H groups in total. The molecular formula is C14H19N5O2. The lowest BCUT2D eigenvalue weighted by Gasteiger charge is -2.34. The second-order valence-corrected chi connectivity index (χ2v) is 5.37. The first-order chi connectivity index (χ1) is 10.2. The first-order valence-corrected chi connectivity index (χ1v) is 7.29. The average Bonchev–Trinajstić information content (AvgIpc) is 3.16.